The van der Waals surface area contributed by atoms with Gasteiger partial charge in [0.05, 0.1) is 24.8 Å². The number of aryl methyl sites for hydroxylation is 1. The Kier molecular flexibility index (Phi) is 7.53. The molecule has 3 aromatic rings. The average molecular weight is 534 g/mol. The van der Waals surface area contributed by atoms with Gasteiger partial charge in [-0.1, -0.05) is 18.2 Å². The first kappa shape index (κ1) is 27.0. The number of carbonyl (C=O) groups is 2. The van der Waals surface area contributed by atoms with Crippen molar-refractivity contribution in [2.45, 2.75) is 59.2 Å². The van der Waals surface area contributed by atoms with Crippen LogP contribution in [0.4, 0.5) is 0 Å². The molecule has 2 aromatic heterocycles. The van der Waals surface area contributed by atoms with E-state index < -0.39 is 0 Å². The number of amides is 2. The molecule has 0 bridgehead atoms. The van der Waals surface area contributed by atoms with Crippen molar-refractivity contribution in [1.82, 2.24) is 24.7 Å². The zero-order valence-corrected chi connectivity index (χ0v) is 23.5. The predicted molar refractivity (Wildman–Crippen MR) is 151 cm³/mol. The van der Waals surface area contributed by atoms with E-state index in [9.17, 15) is 14.4 Å². The number of carbonyl (C=O) groups excluding carboxylic acids is 2. The second kappa shape index (κ2) is 10.9. The fraction of sp³-hybridized carbons (Fsp3) is 0.500. The molecule has 0 radical (unpaired) electrons. The summed E-state index contributed by atoms with van der Waals surface area (Å²) in [5.74, 6) is 0.915. The predicted octanol–water partition coefficient (Wildman–Crippen LogP) is 3.39. The van der Waals surface area contributed by atoms with Crippen molar-refractivity contribution in [1.29, 1.82) is 0 Å². The molecule has 0 saturated carbocycles. The maximum Gasteiger partial charge on any atom is 0.256 e. The highest BCUT2D eigenvalue weighted by Crippen LogP contribution is 2.36. The molecule has 1 atom stereocenters. The van der Waals surface area contributed by atoms with Gasteiger partial charge in [0.1, 0.15) is 5.75 Å². The van der Waals surface area contributed by atoms with Crippen molar-refractivity contribution in [3.05, 3.63) is 63.2 Å². The van der Waals surface area contributed by atoms with Gasteiger partial charge in [-0.2, -0.15) is 0 Å². The second-order valence-corrected chi connectivity index (χ2v) is 11.1. The monoisotopic (exact) mass is 533 g/mol. The molecule has 1 aromatic carbocycles. The summed E-state index contributed by atoms with van der Waals surface area (Å²) in [5, 5.41) is 3.89. The van der Waals surface area contributed by atoms with Gasteiger partial charge in [-0.15, -0.1) is 0 Å². The van der Waals surface area contributed by atoms with Gasteiger partial charge in [-0.25, -0.2) is 0 Å². The molecule has 9 heteroatoms. The molecule has 0 spiro atoms. The molecule has 2 amide bonds. The Morgan fingerprint density at radius 3 is 2.51 bits per heavy atom. The van der Waals surface area contributed by atoms with Crippen molar-refractivity contribution >= 4 is 22.7 Å². The number of hydrogen-bond donors (Lipinski definition) is 2. The minimum absolute atomic E-state index is 0.0762. The smallest absolute Gasteiger partial charge is 0.256 e. The van der Waals surface area contributed by atoms with Crippen molar-refractivity contribution < 1.29 is 14.3 Å². The summed E-state index contributed by atoms with van der Waals surface area (Å²) in [6.45, 7) is 11.5. The molecule has 2 saturated heterocycles. The topological polar surface area (TPSA) is 99.7 Å². The standard InChI is InChI=1S/C30H39N5O4/c1-18-14-27(39-5)25(29(37)32-18)15-31-30(38)28-20(3)35(26-9-7-6-8-24(26)28)19(2)22-10-12-33(13-11-22)23-16-34(17-23)21(4)36/h6-9,14,19,22-23H,10-13,15-17H2,1-5H3,(H,31,38)(H,32,37)/t19-/m1/s1. The Bertz CT molecular complexity index is 1440. The van der Waals surface area contributed by atoms with Crippen LogP contribution >= 0.6 is 0 Å². The number of benzene rings is 1. The highest BCUT2D eigenvalue weighted by Gasteiger charge is 2.36. The number of nitrogens with one attached hydrogen (secondary N) is 2. The van der Waals surface area contributed by atoms with Crippen molar-refractivity contribution in [3.63, 3.8) is 0 Å². The molecule has 2 N–H and O–H groups in total. The van der Waals surface area contributed by atoms with Crippen LogP contribution in [0.25, 0.3) is 10.9 Å². The SMILES string of the molecule is COc1cc(C)[nH]c(=O)c1CNC(=O)c1c(C)n([C@H](C)C2CCN(C3CN(C(C)=O)C3)CC2)c2ccccc12. The van der Waals surface area contributed by atoms with Crippen LogP contribution in [0.1, 0.15) is 60.0 Å². The van der Waals surface area contributed by atoms with Crippen LogP contribution in [0.3, 0.4) is 0 Å². The molecule has 0 unspecified atom stereocenters. The number of fused-ring (bicyclic) bond motifs is 1. The van der Waals surface area contributed by atoms with E-state index in [1.165, 1.54) is 7.11 Å². The number of nitrogens with zero attached hydrogens (tertiary/aromatic N) is 3. The van der Waals surface area contributed by atoms with E-state index in [1.54, 1.807) is 19.9 Å². The molecule has 4 heterocycles. The Morgan fingerprint density at radius 2 is 1.85 bits per heavy atom. The van der Waals surface area contributed by atoms with Crippen molar-refractivity contribution in [2.75, 3.05) is 33.3 Å². The van der Waals surface area contributed by atoms with E-state index in [-0.39, 0.29) is 30.0 Å². The summed E-state index contributed by atoms with van der Waals surface area (Å²) in [6, 6.07) is 10.5. The number of pyridine rings is 1. The fourth-order valence-corrected chi connectivity index (χ4v) is 6.42. The Labute approximate surface area is 229 Å². The minimum atomic E-state index is -0.262. The first-order chi connectivity index (χ1) is 18.7. The van der Waals surface area contributed by atoms with E-state index in [0.29, 0.717) is 34.5 Å². The summed E-state index contributed by atoms with van der Waals surface area (Å²) in [5.41, 5.74) is 3.48. The quantitative estimate of drug-likeness (QED) is 0.485. The first-order valence-corrected chi connectivity index (χ1v) is 13.8. The molecule has 39 heavy (non-hydrogen) atoms. The van der Waals surface area contributed by atoms with Crippen LogP contribution in [0, 0.1) is 19.8 Å². The van der Waals surface area contributed by atoms with Gasteiger partial charge in [0.2, 0.25) is 5.91 Å². The van der Waals surface area contributed by atoms with Gasteiger partial charge >= 0.3 is 0 Å². The van der Waals surface area contributed by atoms with E-state index in [2.05, 4.69) is 32.8 Å². The Hall–Kier alpha value is -3.59. The minimum Gasteiger partial charge on any atom is -0.496 e. The first-order valence-electron chi connectivity index (χ1n) is 13.8. The molecule has 5 rings (SSSR count). The van der Waals surface area contributed by atoms with Gasteiger partial charge in [-0.3, -0.25) is 19.3 Å². The molecular formula is C30H39N5O4. The van der Waals surface area contributed by atoms with Crippen LogP contribution in [0.15, 0.2) is 35.1 Å². The Morgan fingerprint density at radius 1 is 1.15 bits per heavy atom. The Balaban J connectivity index is 1.33. The third-order valence-corrected chi connectivity index (χ3v) is 8.75. The van der Waals surface area contributed by atoms with E-state index in [1.807, 2.05) is 30.0 Å². The summed E-state index contributed by atoms with van der Waals surface area (Å²) >= 11 is 0. The van der Waals surface area contributed by atoms with Gasteiger partial charge in [0, 0.05) is 54.4 Å². The number of rotatable bonds is 7. The molecular weight excluding hydrogens is 494 g/mol. The van der Waals surface area contributed by atoms with Gasteiger partial charge < -0.3 is 24.5 Å². The number of aromatic amines is 1. The molecule has 2 aliphatic rings. The molecule has 9 nitrogen and oxygen atoms in total. The van der Waals surface area contributed by atoms with Crippen LogP contribution < -0.4 is 15.6 Å². The zero-order chi connectivity index (χ0) is 27.8. The highest BCUT2D eigenvalue weighted by molar-refractivity contribution is 6.08. The average Bonchev–Trinajstić information content (AvgIpc) is 3.18. The molecule has 208 valence electrons. The summed E-state index contributed by atoms with van der Waals surface area (Å²) in [4.78, 5) is 44.9. The largest absolute Gasteiger partial charge is 0.496 e. The van der Waals surface area contributed by atoms with E-state index in [0.717, 1.165) is 55.6 Å². The number of para-hydroxylation sites is 1. The molecule has 2 aliphatic heterocycles. The zero-order valence-electron chi connectivity index (χ0n) is 23.5. The summed E-state index contributed by atoms with van der Waals surface area (Å²) < 4.78 is 7.72. The maximum absolute atomic E-state index is 13.6. The molecule has 2 fully saturated rings. The van der Waals surface area contributed by atoms with Crippen LogP contribution in [-0.4, -0.2) is 70.5 Å². The number of hydrogen-bond acceptors (Lipinski definition) is 5. The van der Waals surface area contributed by atoms with Gasteiger partial charge in [0.15, 0.2) is 0 Å². The van der Waals surface area contributed by atoms with E-state index in [4.69, 9.17) is 4.74 Å². The lowest BCUT2D eigenvalue weighted by molar-refractivity contribution is -0.136. The van der Waals surface area contributed by atoms with Gasteiger partial charge in [-0.05, 0) is 64.8 Å². The second-order valence-electron chi connectivity index (χ2n) is 11.1. The number of likely N-dealkylation sites (tertiary alicyclic amines) is 2. The maximum atomic E-state index is 13.6. The third-order valence-electron chi connectivity index (χ3n) is 8.75. The van der Waals surface area contributed by atoms with Gasteiger partial charge in [0.25, 0.3) is 11.5 Å². The summed E-state index contributed by atoms with van der Waals surface area (Å²) in [7, 11) is 1.52. The fourth-order valence-electron chi connectivity index (χ4n) is 6.42. The van der Waals surface area contributed by atoms with Crippen molar-refractivity contribution in [3.8, 4) is 5.75 Å². The van der Waals surface area contributed by atoms with E-state index >= 15 is 0 Å². The number of aromatic nitrogens is 2. The van der Waals surface area contributed by atoms with Crippen LogP contribution in [0.5, 0.6) is 5.75 Å². The summed E-state index contributed by atoms with van der Waals surface area (Å²) in [6.07, 6.45) is 2.17. The van der Waals surface area contributed by atoms with Crippen molar-refractivity contribution in [2.24, 2.45) is 5.92 Å². The number of piperidine rings is 1. The van der Waals surface area contributed by atoms with Crippen LogP contribution in [0.2, 0.25) is 0 Å². The highest BCUT2D eigenvalue weighted by atomic mass is 16.5. The number of H-pyrrole nitrogens is 1. The number of methoxy groups -OCH3 is 1. The van der Waals surface area contributed by atoms with Crippen LogP contribution in [-0.2, 0) is 11.3 Å². The lowest BCUT2D eigenvalue weighted by Crippen LogP contribution is -2.61. The lowest BCUT2D eigenvalue weighted by atomic mass is 9.88. The third kappa shape index (κ3) is 5.07. The lowest BCUT2D eigenvalue weighted by Gasteiger charge is -2.48. The number of ether oxygens (including phenoxy) is 1. The normalized spacial score (nSPS) is 17.7. The molecule has 0 aliphatic carbocycles.